The number of benzene rings is 2. The molecular weight excluding hydrogens is 664 g/mol. The molecule has 0 unspecified atom stereocenters. The molecular formula is C42H58O10. The maximum Gasteiger partial charge on any atom is 0.330 e. The Morgan fingerprint density at radius 3 is 2.25 bits per heavy atom. The van der Waals surface area contributed by atoms with Gasteiger partial charge in [0.25, 0.3) is 0 Å². The largest absolute Gasteiger partial charge is 0.497 e. The molecule has 0 aliphatic carbocycles. The number of allylic oxidation sites excluding steroid dienone is 1. The summed E-state index contributed by atoms with van der Waals surface area (Å²) in [4.78, 5) is 37.8. The molecule has 10 nitrogen and oxygen atoms in total. The first-order valence-corrected chi connectivity index (χ1v) is 18.3. The van der Waals surface area contributed by atoms with Crippen LogP contribution in [0.2, 0.25) is 0 Å². The Balaban J connectivity index is 1.99. The molecule has 52 heavy (non-hydrogen) atoms. The number of esters is 2. The van der Waals surface area contributed by atoms with Crippen LogP contribution >= 0.6 is 0 Å². The Hall–Kier alpha value is -3.83. The predicted octanol–water partition coefficient (Wildman–Crippen LogP) is 7.86. The van der Waals surface area contributed by atoms with Crippen molar-refractivity contribution in [1.29, 1.82) is 0 Å². The van der Waals surface area contributed by atoms with Crippen LogP contribution in [0.3, 0.4) is 0 Å². The molecule has 0 amide bonds. The quantitative estimate of drug-likeness (QED) is 0.0515. The maximum atomic E-state index is 13.4. The van der Waals surface area contributed by atoms with Crippen molar-refractivity contribution in [2.45, 2.75) is 122 Å². The van der Waals surface area contributed by atoms with Gasteiger partial charge in [-0.3, -0.25) is 9.59 Å². The lowest BCUT2D eigenvalue weighted by Crippen LogP contribution is -2.63. The first kappa shape index (κ1) is 42.6. The Bertz CT molecular complexity index is 1430. The zero-order chi connectivity index (χ0) is 38.0. The average molecular weight is 723 g/mol. The molecule has 1 aliphatic heterocycles. The molecule has 0 spiro atoms. The van der Waals surface area contributed by atoms with E-state index in [1.54, 1.807) is 13.2 Å². The molecule has 1 aliphatic rings. The number of carbonyl (C=O) groups is 3. The zero-order valence-electron chi connectivity index (χ0n) is 32.0. The molecule has 0 radical (unpaired) electrons. The van der Waals surface area contributed by atoms with Crippen LogP contribution in [0.1, 0.15) is 90.2 Å². The van der Waals surface area contributed by atoms with E-state index in [1.165, 1.54) is 26.4 Å². The van der Waals surface area contributed by atoms with Crippen LogP contribution in [-0.4, -0.2) is 69.8 Å². The van der Waals surface area contributed by atoms with Crippen LogP contribution < -0.4 is 4.74 Å². The lowest BCUT2D eigenvalue weighted by atomic mass is 9.74. The molecule has 286 valence electrons. The van der Waals surface area contributed by atoms with Crippen molar-refractivity contribution in [2.75, 3.05) is 21.3 Å². The van der Waals surface area contributed by atoms with Gasteiger partial charge in [0.2, 0.25) is 5.79 Å². The minimum Gasteiger partial charge on any atom is -0.497 e. The van der Waals surface area contributed by atoms with E-state index in [1.807, 2.05) is 75.4 Å². The van der Waals surface area contributed by atoms with E-state index < -0.39 is 41.5 Å². The molecule has 0 N–H and O–H groups in total. The van der Waals surface area contributed by atoms with Crippen LogP contribution in [0.25, 0.3) is 0 Å². The van der Waals surface area contributed by atoms with E-state index in [0.717, 1.165) is 42.6 Å². The fraction of sp³-hybridized carbons (Fsp3) is 0.548. The number of rotatable bonds is 22. The first-order chi connectivity index (χ1) is 25.0. The average Bonchev–Trinajstić information content (AvgIpc) is 3.15. The van der Waals surface area contributed by atoms with Gasteiger partial charge >= 0.3 is 11.9 Å². The molecule has 1 fully saturated rings. The number of carbonyl (C=O) groups excluding carboxylic acids is 3. The van der Waals surface area contributed by atoms with Crippen LogP contribution in [0.4, 0.5) is 0 Å². The Labute approximate surface area is 309 Å². The highest BCUT2D eigenvalue weighted by Crippen LogP contribution is 2.49. The Morgan fingerprint density at radius 1 is 0.942 bits per heavy atom. The Kier molecular flexibility index (Phi) is 17.7. The molecule has 2 aromatic carbocycles. The van der Waals surface area contributed by atoms with Crippen molar-refractivity contribution in [3.8, 4) is 5.75 Å². The van der Waals surface area contributed by atoms with Gasteiger partial charge in [-0.15, -0.1) is 0 Å². The van der Waals surface area contributed by atoms with Crippen LogP contribution in [0.15, 0.2) is 78.4 Å². The van der Waals surface area contributed by atoms with Crippen LogP contribution in [0.5, 0.6) is 5.75 Å². The highest BCUT2D eigenvalue weighted by Gasteiger charge is 2.59. The molecule has 1 heterocycles. The minimum atomic E-state index is -1.64. The van der Waals surface area contributed by atoms with Crippen molar-refractivity contribution in [2.24, 2.45) is 5.41 Å². The van der Waals surface area contributed by atoms with Crippen molar-refractivity contribution in [3.05, 3.63) is 89.5 Å². The fourth-order valence-electron chi connectivity index (χ4n) is 6.45. The third-order valence-corrected chi connectivity index (χ3v) is 9.52. The summed E-state index contributed by atoms with van der Waals surface area (Å²) >= 11 is 0. The second kappa shape index (κ2) is 21.6. The zero-order valence-corrected chi connectivity index (χ0v) is 32.0. The predicted molar refractivity (Wildman–Crippen MR) is 198 cm³/mol. The van der Waals surface area contributed by atoms with E-state index in [9.17, 15) is 14.4 Å². The summed E-state index contributed by atoms with van der Waals surface area (Å²) in [6, 6.07) is 17.5. The summed E-state index contributed by atoms with van der Waals surface area (Å²) in [6.45, 7) is 8.45. The molecule has 5 atom stereocenters. The summed E-state index contributed by atoms with van der Waals surface area (Å²) < 4.78 is 42.6. The SMILES string of the molecule is CCCCCCCC(=O)O[C@H]1C(=CC(=O)OC)C[C@@H](C[C@@H](OCc2ccc(OC)cc2)[C@@H](C)OCc2ccccc2)O[C@@]1(OC)C(C)(C)C=CC=O. The lowest BCUT2D eigenvalue weighted by Gasteiger charge is -2.53. The van der Waals surface area contributed by atoms with E-state index in [4.69, 9.17) is 33.2 Å². The summed E-state index contributed by atoms with van der Waals surface area (Å²) in [7, 11) is 4.39. The normalized spacial score (nSPS) is 21.1. The van der Waals surface area contributed by atoms with E-state index >= 15 is 0 Å². The second-order valence-electron chi connectivity index (χ2n) is 13.7. The van der Waals surface area contributed by atoms with Gasteiger partial charge in [-0.1, -0.05) is 95.0 Å². The highest BCUT2D eigenvalue weighted by atomic mass is 16.7. The topological polar surface area (TPSA) is 116 Å². The van der Waals surface area contributed by atoms with Gasteiger partial charge in [-0.05, 0) is 54.7 Å². The van der Waals surface area contributed by atoms with Crippen molar-refractivity contribution in [3.63, 3.8) is 0 Å². The van der Waals surface area contributed by atoms with Crippen molar-refractivity contribution < 1.29 is 47.5 Å². The third-order valence-electron chi connectivity index (χ3n) is 9.52. The Morgan fingerprint density at radius 2 is 1.62 bits per heavy atom. The second-order valence-corrected chi connectivity index (χ2v) is 13.7. The fourth-order valence-corrected chi connectivity index (χ4v) is 6.45. The smallest absolute Gasteiger partial charge is 0.330 e. The van der Waals surface area contributed by atoms with Gasteiger partial charge in [0, 0.05) is 31.4 Å². The molecule has 3 rings (SSSR count). The van der Waals surface area contributed by atoms with Gasteiger partial charge in [-0.25, -0.2) is 4.79 Å². The molecule has 0 saturated carbocycles. The van der Waals surface area contributed by atoms with E-state index in [2.05, 4.69) is 6.92 Å². The van der Waals surface area contributed by atoms with Gasteiger partial charge < -0.3 is 33.2 Å². The monoisotopic (exact) mass is 722 g/mol. The molecule has 1 saturated heterocycles. The van der Waals surface area contributed by atoms with Crippen LogP contribution in [-0.2, 0) is 56.0 Å². The number of hydrogen-bond donors (Lipinski definition) is 0. The molecule has 2 aromatic rings. The van der Waals surface area contributed by atoms with E-state index in [0.29, 0.717) is 37.9 Å². The summed E-state index contributed by atoms with van der Waals surface area (Å²) in [6.07, 6.45) is 8.06. The number of aldehydes is 1. The van der Waals surface area contributed by atoms with Gasteiger partial charge in [0.15, 0.2) is 6.10 Å². The van der Waals surface area contributed by atoms with Gasteiger partial charge in [0.1, 0.15) is 12.0 Å². The van der Waals surface area contributed by atoms with Gasteiger partial charge in [-0.2, -0.15) is 0 Å². The molecule has 10 heteroatoms. The number of hydrogen-bond acceptors (Lipinski definition) is 10. The van der Waals surface area contributed by atoms with E-state index in [-0.39, 0.29) is 18.9 Å². The number of methoxy groups -OCH3 is 3. The summed E-state index contributed by atoms with van der Waals surface area (Å²) in [5, 5.41) is 0. The summed E-state index contributed by atoms with van der Waals surface area (Å²) in [5.74, 6) is -1.93. The highest BCUT2D eigenvalue weighted by molar-refractivity contribution is 5.83. The van der Waals surface area contributed by atoms with Crippen molar-refractivity contribution in [1.82, 2.24) is 0 Å². The van der Waals surface area contributed by atoms with Gasteiger partial charge in [0.05, 0.1) is 45.7 Å². The molecule has 0 bridgehead atoms. The van der Waals surface area contributed by atoms with Crippen molar-refractivity contribution >= 4 is 18.2 Å². The third kappa shape index (κ3) is 12.4. The standard InChI is InChI=1S/C42H58O10/c1-8-9-10-11-15-19-38(44)51-40-34(27-39(45)47-6)26-36(52-42(40,48-7)41(3,4)24-16-25-43)28-37(31(2)49-29-32-17-13-12-14-18-32)50-30-33-20-22-35(46-5)23-21-33/h12-14,16-18,20-25,27,31,36-37,40H,8-11,15,19,26,28-30H2,1-7H3/t31-,36+,37-,40+,42-/m1/s1. The first-order valence-electron chi connectivity index (χ1n) is 18.3. The van der Waals surface area contributed by atoms with Crippen LogP contribution in [0, 0.1) is 5.41 Å². The summed E-state index contributed by atoms with van der Waals surface area (Å²) in [5.41, 5.74) is 1.42. The molecule has 0 aromatic heterocycles. The minimum absolute atomic E-state index is 0.205. The maximum absolute atomic E-state index is 13.4. The lowest BCUT2D eigenvalue weighted by molar-refractivity contribution is -0.339. The number of ether oxygens (including phenoxy) is 7. The number of unbranched alkanes of at least 4 members (excludes halogenated alkanes) is 4.